The first-order chi connectivity index (χ1) is 13.5. The third kappa shape index (κ3) is 5.10. The summed E-state index contributed by atoms with van der Waals surface area (Å²) in [5.41, 5.74) is 3.74. The van der Waals surface area contributed by atoms with E-state index in [-0.39, 0.29) is 11.8 Å². The Morgan fingerprint density at radius 2 is 1.54 bits per heavy atom. The number of aryl methyl sites for hydroxylation is 3. The molecule has 0 saturated carbocycles. The number of aromatic nitrogens is 2. The molecule has 0 radical (unpaired) electrons. The van der Waals surface area contributed by atoms with Crippen molar-refractivity contribution in [3.8, 4) is 0 Å². The molecule has 2 amide bonds. The highest BCUT2D eigenvalue weighted by Gasteiger charge is 2.25. The minimum atomic E-state index is 0.0350. The zero-order chi connectivity index (χ0) is 20.1. The van der Waals surface area contributed by atoms with Crippen molar-refractivity contribution in [2.75, 3.05) is 31.9 Å². The van der Waals surface area contributed by atoms with Gasteiger partial charge in [-0.25, -0.2) is 9.97 Å². The first-order valence-corrected chi connectivity index (χ1v) is 10.6. The van der Waals surface area contributed by atoms with Crippen LogP contribution >= 0.6 is 11.8 Å². The molecular formula is C21H26N4O2S. The summed E-state index contributed by atoms with van der Waals surface area (Å²) in [5, 5.41) is 0.634. The second-order valence-corrected chi connectivity index (χ2v) is 7.89. The lowest BCUT2D eigenvalue weighted by Gasteiger charge is -2.34. The van der Waals surface area contributed by atoms with E-state index in [2.05, 4.69) is 16.9 Å². The molecule has 1 aromatic carbocycles. The van der Waals surface area contributed by atoms with Crippen molar-refractivity contribution in [1.29, 1.82) is 0 Å². The number of carbonyl (C=O) groups excluding carboxylic acids is 2. The number of thioether (sulfide) groups is 1. The van der Waals surface area contributed by atoms with Crippen molar-refractivity contribution in [2.45, 2.75) is 32.3 Å². The standard InChI is InChI=1S/C21H26N4O2S/c1-4-17-5-7-18(8-6-17)20(27)25-11-9-24(10-12-25)19(26)14-28-21-22-15(2)13-16(3)23-21/h5-8,13H,4,9-12,14H2,1-3H3. The van der Waals surface area contributed by atoms with Gasteiger partial charge >= 0.3 is 0 Å². The van der Waals surface area contributed by atoms with Gasteiger partial charge in [-0.3, -0.25) is 9.59 Å². The van der Waals surface area contributed by atoms with E-state index < -0.39 is 0 Å². The van der Waals surface area contributed by atoms with Gasteiger partial charge in [-0.15, -0.1) is 0 Å². The van der Waals surface area contributed by atoms with Crippen LogP contribution in [0.2, 0.25) is 0 Å². The van der Waals surface area contributed by atoms with Gasteiger partial charge in [0, 0.05) is 43.1 Å². The van der Waals surface area contributed by atoms with E-state index in [1.807, 2.05) is 54.0 Å². The molecule has 1 aliphatic heterocycles. The zero-order valence-corrected chi connectivity index (χ0v) is 17.5. The minimum Gasteiger partial charge on any atom is -0.338 e. The Bertz CT molecular complexity index is 826. The van der Waals surface area contributed by atoms with Crippen LogP contribution < -0.4 is 0 Å². The lowest BCUT2D eigenvalue weighted by Crippen LogP contribution is -2.51. The van der Waals surface area contributed by atoms with Gasteiger partial charge in [-0.2, -0.15) is 0 Å². The first kappa shape index (κ1) is 20.3. The Kier molecular flexibility index (Phi) is 6.67. The van der Waals surface area contributed by atoms with Gasteiger partial charge in [0.25, 0.3) is 5.91 Å². The molecule has 6 nitrogen and oxygen atoms in total. The average Bonchev–Trinajstić information content (AvgIpc) is 2.71. The largest absolute Gasteiger partial charge is 0.338 e. The summed E-state index contributed by atoms with van der Waals surface area (Å²) in [7, 11) is 0. The molecule has 0 unspecified atom stereocenters. The van der Waals surface area contributed by atoms with Crippen LogP contribution in [0.15, 0.2) is 35.5 Å². The number of piperazine rings is 1. The van der Waals surface area contributed by atoms with Crippen LogP contribution in [0.5, 0.6) is 0 Å². The molecule has 2 aromatic rings. The van der Waals surface area contributed by atoms with Gasteiger partial charge < -0.3 is 9.80 Å². The van der Waals surface area contributed by atoms with E-state index in [9.17, 15) is 9.59 Å². The highest BCUT2D eigenvalue weighted by atomic mass is 32.2. The summed E-state index contributed by atoms with van der Waals surface area (Å²) in [6, 6.07) is 9.69. The van der Waals surface area contributed by atoms with Crippen LogP contribution in [-0.2, 0) is 11.2 Å². The summed E-state index contributed by atoms with van der Waals surface area (Å²) in [6.45, 7) is 8.18. The lowest BCUT2D eigenvalue weighted by atomic mass is 10.1. The molecule has 28 heavy (non-hydrogen) atoms. The van der Waals surface area contributed by atoms with Crippen molar-refractivity contribution < 1.29 is 9.59 Å². The monoisotopic (exact) mass is 398 g/mol. The second-order valence-electron chi connectivity index (χ2n) is 6.95. The predicted molar refractivity (Wildman–Crippen MR) is 111 cm³/mol. The van der Waals surface area contributed by atoms with Crippen molar-refractivity contribution in [3.63, 3.8) is 0 Å². The fourth-order valence-corrected chi connectivity index (χ4v) is 4.05. The zero-order valence-electron chi connectivity index (χ0n) is 16.6. The van der Waals surface area contributed by atoms with E-state index >= 15 is 0 Å². The fraction of sp³-hybridized carbons (Fsp3) is 0.429. The molecular weight excluding hydrogens is 372 g/mol. The number of carbonyl (C=O) groups is 2. The number of hydrogen-bond acceptors (Lipinski definition) is 5. The van der Waals surface area contributed by atoms with Gasteiger partial charge in [0.15, 0.2) is 5.16 Å². The smallest absolute Gasteiger partial charge is 0.253 e. The van der Waals surface area contributed by atoms with E-state index in [1.165, 1.54) is 17.3 Å². The molecule has 0 bridgehead atoms. The molecule has 1 aromatic heterocycles. The van der Waals surface area contributed by atoms with E-state index in [0.717, 1.165) is 17.8 Å². The maximum Gasteiger partial charge on any atom is 0.253 e. The molecule has 1 saturated heterocycles. The molecule has 3 rings (SSSR count). The van der Waals surface area contributed by atoms with Gasteiger partial charge in [-0.05, 0) is 44.0 Å². The molecule has 1 fully saturated rings. The summed E-state index contributed by atoms with van der Waals surface area (Å²) >= 11 is 1.36. The van der Waals surface area contributed by atoms with E-state index in [0.29, 0.717) is 42.7 Å². The maximum atomic E-state index is 12.7. The van der Waals surface area contributed by atoms with Crippen LogP contribution in [-0.4, -0.2) is 63.5 Å². The van der Waals surface area contributed by atoms with Crippen LogP contribution in [0.4, 0.5) is 0 Å². The summed E-state index contributed by atoms with van der Waals surface area (Å²) in [4.78, 5) is 37.5. The maximum absolute atomic E-state index is 12.7. The van der Waals surface area contributed by atoms with Crippen molar-refractivity contribution in [2.24, 2.45) is 0 Å². The van der Waals surface area contributed by atoms with Crippen LogP contribution in [0, 0.1) is 13.8 Å². The Morgan fingerprint density at radius 1 is 0.964 bits per heavy atom. The van der Waals surface area contributed by atoms with E-state index in [1.54, 1.807) is 0 Å². The number of nitrogens with zero attached hydrogens (tertiary/aromatic N) is 4. The first-order valence-electron chi connectivity index (χ1n) is 9.57. The Morgan fingerprint density at radius 3 is 2.11 bits per heavy atom. The van der Waals surface area contributed by atoms with Crippen molar-refractivity contribution in [1.82, 2.24) is 19.8 Å². The summed E-state index contributed by atoms with van der Waals surface area (Å²) in [5.74, 6) is 0.412. The van der Waals surface area contributed by atoms with Gasteiger partial charge in [0.2, 0.25) is 5.91 Å². The van der Waals surface area contributed by atoms with Gasteiger partial charge in [0.1, 0.15) is 0 Å². The number of amides is 2. The Labute approximate surface area is 170 Å². The topological polar surface area (TPSA) is 66.4 Å². The molecule has 2 heterocycles. The molecule has 0 N–H and O–H groups in total. The average molecular weight is 399 g/mol. The summed E-state index contributed by atoms with van der Waals surface area (Å²) in [6.07, 6.45) is 0.959. The van der Waals surface area contributed by atoms with Crippen LogP contribution in [0.1, 0.15) is 34.2 Å². The normalized spacial score (nSPS) is 14.2. The SMILES string of the molecule is CCc1ccc(C(=O)N2CCN(C(=O)CSc3nc(C)cc(C)n3)CC2)cc1. The van der Waals surface area contributed by atoms with Crippen molar-refractivity contribution >= 4 is 23.6 Å². The molecule has 0 spiro atoms. The van der Waals surface area contributed by atoms with Gasteiger partial charge in [-0.1, -0.05) is 30.8 Å². The Hall–Kier alpha value is -2.41. The third-order valence-corrected chi connectivity index (χ3v) is 5.65. The highest BCUT2D eigenvalue weighted by molar-refractivity contribution is 7.99. The number of rotatable bonds is 5. The molecule has 0 aliphatic carbocycles. The number of hydrogen-bond donors (Lipinski definition) is 0. The number of benzene rings is 1. The van der Waals surface area contributed by atoms with Gasteiger partial charge in [0.05, 0.1) is 5.75 Å². The van der Waals surface area contributed by atoms with Crippen LogP contribution in [0.25, 0.3) is 0 Å². The lowest BCUT2D eigenvalue weighted by molar-refractivity contribution is -0.129. The van der Waals surface area contributed by atoms with Crippen molar-refractivity contribution in [3.05, 3.63) is 52.8 Å². The minimum absolute atomic E-state index is 0.0350. The molecule has 7 heteroatoms. The quantitative estimate of drug-likeness (QED) is 0.572. The van der Waals surface area contributed by atoms with Crippen LogP contribution in [0.3, 0.4) is 0 Å². The molecule has 1 aliphatic rings. The van der Waals surface area contributed by atoms with E-state index in [4.69, 9.17) is 0 Å². The predicted octanol–water partition coefficient (Wildman–Crippen LogP) is 2.73. The highest BCUT2D eigenvalue weighted by Crippen LogP contribution is 2.16. The molecule has 0 atom stereocenters. The summed E-state index contributed by atoms with van der Waals surface area (Å²) < 4.78 is 0. The Balaban J connectivity index is 1.49. The molecule has 148 valence electrons. The fourth-order valence-electron chi connectivity index (χ4n) is 3.20. The third-order valence-electron chi connectivity index (χ3n) is 4.82. The second kappa shape index (κ2) is 9.19.